The summed E-state index contributed by atoms with van der Waals surface area (Å²) in [6, 6.07) is 8.20. The number of aromatic hydroxyl groups is 1. The third-order valence-corrected chi connectivity index (χ3v) is 3.50. The number of phenolic OH excluding ortho intramolecular Hbond substituents is 1. The molecule has 3 heteroatoms. The van der Waals surface area contributed by atoms with Crippen LogP contribution in [0.15, 0.2) is 24.3 Å². The van der Waals surface area contributed by atoms with Gasteiger partial charge in [0, 0.05) is 18.6 Å². The number of nitrogens with one attached hydrogen (secondary N) is 1. The van der Waals surface area contributed by atoms with E-state index in [0.717, 1.165) is 6.54 Å². The Kier molecular flexibility index (Phi) is 1.60. The number of hydrogen-bond donors (Lipinski definition) is 3. The van der Waals surface area contributed by atoms with Gasteiger partial charge in [0.25, 0.3) is 0 Å². The van der Waals surface area contributed by atoms with E-state index in [2.05, 4.69) is 5.32 Å². The highest BCUT2D eigenvalue weighted by Crippen LogP contribution is 2.50. The van der Waals surface area contributed by atoms with Crippen LogP contribution in [-0.2, 0) is 0 Å². The number of rotatable bonds is 1. The van der Waals surface area contributed by atoms with Crippen LogP contribution in [0.5, 0.6) is 5.75 Å². The lowest BCUT2D eigenvalue weighted by molar-refractivity contribution is 0.473. The summed E-state index contributed by atoms with van der Waals surface area (Å²) in [6.07, 6.45) is 0. The lowest BCUT2D eigenvalue weighted by Gasteiger charge is -2.14. The number of benzene rings is 1. The fraction of sp³-hybridized carbons (Fsp3) is 0.455. The highest BCUT2D eigenvalue weighted by molar-refractivity contribution is 5.32. The SMILES string of the molecule is NC1C2CNC(c3ccc(O)cc3)C12. The van der Waals surface area contributed by atoms with Gasteiger partial charge in [0.2, 0.25) is 0 Å². The van der Waals surface area contributed by atoms with E-state index in [1.165, 1.54) is 5.56 Å². The lowest BCUT2D eigenvalue weighted by atomic mass is 10.0. The van der Waals surface area contributed by atoms with E-state index in [4.69, 9.17) is 5.73 Å². The predicted octanol–water partition coefficient (Wildman–Crippen LogP) is 0.610. The quantitative estimate of drug-likeness (QED) is 0.608. The Balaban J connectivity index is 1.86. The second kappa shape index (κ2) is 2.72. The first-order chi connectivity index (χ1) is 6.77. The van der Waals surface area contributed by atoms with Gasteiger partial charge in [0.1, 0.15) is 5.75 Å². The van der Waals surface area contributed by atoms with Crippen LogP contribution in [0.2, 0.25) is 0 Å². The second-order valence-corrected chi connectivity index (χ2v) is 4.30. The molecule has 0 amide bonds. The average molecular weight is 190 g/mol. The summed E-state index contributed by atoms with van der Waals surface area (Å²) in [5.74, 6) is 1.61. The Hall–Kier alpha value is -1.06. The van der Waals surface area contributed by atoms with Gasteiger partial charge in [-0.3, -0.25) is 0 Å². The van der Waals surface area contributed by atoms with Crippen molar-refractivity contribution < 1.29 is 5.11 Å². The molecule has 1 saturated carbocycles. The predicted molar refractivity (Wildman–Crippen MR) is 53.8 cm³/mol. The van der Waals surface area contributed by atoms with Crippen LogP contribution < -0.4 is 11.1 Å². The third-order valence-electron chi connectivity index (χ3n) is 3.50. The molecular weight excluding hydrogens is 176 g/mol. The molecule has 1 aromatic rings. The van der Waals surface area contributed by atoms with Crippen LogP contribution in [0.25, 0.3) is 0 Å². The van der Waals surface area contributed by atoms with Crippen molar-refractivity contribution in [3.8, 4) is 5.75 Å². The van der Waals surface area contributed by atoms with Crippen molar-refractivity contribution in [2.24, 2.45) is 17.6 Å². The van der Waals surface area contributed by atoms with E-state index < -0.39 is 0 Å². The van der Waals surface area contributed by atoms with Gasteiger partial charge in [-0.1, -0.05) is 12.1 Å². The average Bonchev–Trinajstić information content (AvgIpc) is 2.63. The molecule has 0 aromatic heterocycles. The molecular formula is C11H14N2O. The van der Waals surface area contributed by atoms with Gasteiger partial charge >= 0.3 is 0 Å². The van der Waals surface area contributed by atoms with Gasteiger partial charge < -0.3 is 16.2 Å². The molecule has 1 aliphatic carbocycles. The number of phenols is 1. The summed E-state index contributed by atoms with van der Waals surface area (Å²) in [5, 5.41) is 12.6. The Morgan fingerprint density at radius 3 is 2.57 bits per heavy atom. The van der Waals surface area contributed by atoms with Gasteiger partial charge in [0.05, 0.1) is 0 Å². The largest absolute Gasteiger partial charge is 0.508 e. The number of piperidine rings is 1. The molecule has 0 bridgehead atoms. The lowest BCUT2D eigenvalue weighted by Crippen LogP contribution is -2.25. The highest BCUT2D eigenvalue weighted by atomic mass is 16.3. The van der Waals surface area contributed by atoms with Gasteiger partial charge in [0.15, 0.2) is 0 Å². The Morgan fingerprint density at radius 1 is 1.29 bits per heavy atom. The number of hydrogen-bond acceptors (Lipinski definition) is 3. The molecule has 14 heavy (non-hydrogen) atoms. The van der Waals surface area contributed by atoms with Crippen molar-refractivity contribution >= 4 is 0 Å². The fourth-order valence-electron chi connectivity index (χ4n) is 2.59. The smallest absolute Gasteiger partial charge is 0.115 e. The Labute approximate surface area is 82.9 Å². The van der Waals surface area contributed by atoms with Crippen LogP contribution in [0.3, 0.4) is 0 Å². The Morgan fingerprint density at radius 2 is 2.00 bits per heavy atom. The van der Waals surface area contributed by atoms with Crippen LogP contribution in [-0.4, -0.2) is 17.7 Å². The summed E-state index contributed by atoms with van der Waals surface area (Å²) in [7, 11) is 0. The first-order valence-corrected chi connectivity index (χ1v) is 5.05. The molecule has 1 heterocycles. The molecule has 2 aliphatic rings. The van der Waals surface area contributed by atoms with Crippen LogP contribution in [0.4, 0.5) is 0 Å². The van der Waals surface area contributed by atoms with Gasteiger partial charge in [-0.05, 0) is 29.5 Å². The maximum atomic E-state index is 9.18. The minimum Gasteiger partial charge on any atom is -0.508 e. The van der Waals surface area contributed by atoms with Crippen molar-refractivity contribution in [2.75, 3.05) is 6.54 Å². The maximum Gasteiger partial charge on any atom is 0.115 e. The minimum atomic E-state index is 0.323. The van der Waals surface area contributed by atoms with E-state index in [-0.39, 0.29) is 0 Å². The van der Waals surface area contributed by atoms with Gasteiger partial charge in [-0.2, -0.15) is 0 Å². The van der Waals surface area contributed by atoms with E-state index in [1.54, 1.807) is 12.1 Å². The molecule has 3 nitrogen and oxygen atoms in total. The molecule has 1 saturated heterocycles. The van der Waals surface area contributed by atoms with Crippen LogP contribution in [0.1, 0.15) is 11.6 Å². The van der Waals surface area contributed by atoms with E-state index in [0.29, 0.717) is 29.7 Å². The third kappa shape index (κ3) is 1.06. The molecule has 2 fully saturated rings. The zero-order valence-electron chi connectivity index (χ0n) is 7.85. The summed E-state index contributed by atoms with van der Waals surface area (Å²) >= 11 is 0. The molecule has 0 radical (unpaired) electrons. The number of fused-ring (bicyclic) bond motifs is 1. The summed E-state index contributed by atoms with van der Waals surface area (Å²) in [6.45, 7) is 1.04. The van der Waals surface area contributed by atoms with Crippen molar-refractivity contribution in [3.63, 3.8) is 0 Å². The van der Waals surface area contributed by atoms with Crippen LogP contribution >= 0.6 is 0 Å². The molecule has 74 valence electrons. The standard InChI is InChI=1S/C11H14N2O/c12-10-8-5-13-11(9(8)10)6-1-3-7(14)4-2-6/h1-4,8-11,13-14H,5,12H2. The molecule has 4 atom stereocenters. The molecule has 4 unspecified atom stereocenters. The van der Waals surface area contributed by atoms with Crippen LogP contribution in [0, 0.1) is 11.8 Å². The molecule has 4 N–H and O–H groups in total. The normalized spacial score (nSPS) is 39.5. The zero-order valence-corrected chi connectivity index (χ0v) is 7.85. The summed E-state index contributed by atoms with van der Waals surface area (Å²) in [4.78, 5) is 0. The van der Waals surface area contributed by atoms with E-state index in [9.17, 15) is 5.11 Å². The minimum absolute atomic E-state index is 0.323. The molecule has 0 spiro atoms. The van der Waals surface area contributed by atoms with Crippen molar-refractivity contribution in [2.45, 2.75) is 12.1 Å². The zero-order chi connectivity index (χ0) is 9.71. The fourth-order valence-corrected chi connectivity index (χ4v) is 2.59. The van der Waals surface area contributed by atoms with Gasteiger partial charge in [-0.15, -0.1) is 0 Å². The molecule has 3 rings (SSSR count). The van der Waals surface area contributed by atoms with Crippen molar-refractivity contribution in [1.82, 2.24) is 5.32 Å². The second-order valence-electron chi connectivity index (χ2n) is 4.30. The summed E-state index contributed by atoms with van der Waals surface area (Å²) in [5.41, 5.74) is 7.18. The Bertz CT molecular complexity index is 349. The first-order valence-electron chi connectivity index (χ1n) is 5.05. The maximum absolute atomic E-state index is 9.18. The molecule has 1 aliphatic heterocycles. The highest BCUT2D eigenvalue weighted by Gasteiger charge is 2.56. The van der Waals surface area contributed by atoms with Crippen molar-refractivity contribution in [3.05, 3.63) is 29.8 Å². The number of nitrogens with two attached hydrogens (primary N) is 1. The molecule has 1 aromatic carbocycles. The van der Waals surface area contributed by atoms with Gasteiger partial charge in [-0.25, -0.2) is 0 Å². The topological polar surface area (TPSA) is 58.3 Å². The van der Waals surface area contributed by atoms with E-state index in [1.807, 2.05) is 12.1 Å². The first kappa shape index (κ1) is 8.26. The van der Waals surface area contributed by atoms with Crippen molar-refractivity contribution in [1.29, 1.82) is 0 Å². The van der Waals surface area contributed by atoms with E-state index >= 15 is 0 Å². The summed E-state index contributed by atoms with van der Waals surface area (Å²) < 4.78 is 0. The monoisotopic (exact) mass is 190 g/mol.